The van der Waals surface area contributed by atoms with Gasteiger partial charge in [-0.3, -0.25) is 0 Å². The van der Waals surface area contributed by atoms with E-state index in [4.69, 9.17) is 17.6 Å². The van der Waals surface area contributed by atoms with E-state index in [1.54, 1.807) is 7.66 Å². The molecule has 4 nitrogen and oxygen atoms in total. The Morgan fingerprint density at radius 2 is 0.372 bits per heavy atom. The molecule has 0 saturated carbocycles. The van der Waals surface area contributed by atoms with Gasteiger partial charge in [-0.1, -0.05) is 0 Å². The maximum absolute atomic E-state index is 6.70. The van der Waals surface area contributed by atoms with Crippen LogP contribution in [0.15, 0.2) is 260 Å². The molecule has 0 spiro atoms. The van der Waals surface area contributed by atoms with Crippen molar-refractivity contribution in [2.45, 2.75) is 78.6 Å². The van der Waals surface area contributed by atoms with Crippen molar-refractivity contribution in [1.82, 2.24) is 0 Å². The average Bonchev–Trinajstić information content (AvgIpc) is 2.81. The number of rotatable bonds is 16. The van der Waals surface area contributed by atoms with E-state index in [-0.39, 0.29) is 0 Å². The Morgan fingerprint density at radius 3 is 0.487 bits per heavy atom. The molecule has 0 unspecified atom stereocenters. The fourth-order valence-electron chi connectivity index (χ4n) is 10.5. The molecule has 1 heterocycles. The Balaban J connectivity index is 1.63. The molecule has 1 saturated heterocycles. The van der Waals surface area contributed by atoms with Crippen LogP contribution in [-0.2, 0) is 0 Å². The molecule has 0 amide bonds. The Morgan fingerprint density at radius 1 is 0.244 bits per heavy atom. The molecular weight excluding hydrogens is 1250 g/mol. The summed E-state index contributed by atoms with van der Waals surface area (Å²) < 4.78 is 30.2. The molecule has 8 aromatic carbocycles. The normalized spacial score (nSPS) is 13.7. The van der Waals surface area contributed by atoms with E-state index in [1.165, 1.54) is 42.4 Å². The van der Waals surface area contributed by atoms with Gasteiger partial charge >= 0.3 is 490 Å². The van der Waals surface area contributed by atoms with Gasteiger partial charge in [-0.2, -0.15) is 0 Å². The van der Waals surface area contributed by atoms with Crippen LogP contribution in [0, 0.1) is 0 Å². The van der Waals surface area contributed by atoms with Crippen LogP contribution in [0.3, 0.4) is 0 Å². The summed E-state index contributed by atoms with van der Waals surface area (Å²) >= 11 is -5.37. The van der Waals surface area contributed by atoms with Crippen molar-refractivity contribution in [3.05, 3.63) is 243 Å². The maximum atomic E-state index is 6.70. The van der Waals surface area contributed by atoms with Crippen molar-refractivity contribution in [1.29, 1.82) is 0 Å². The van der Waals surface area contributed by atoms with Gasteiger partial charge in [-0.05, 0) is 0 Å². The van der Waals surface area contributed by atoms with Gasteiger partial charge in [0.1, 0.15) is 0 Å². The minimum absolute atomic E-state index is 1.36. The zero-order valence-electron chi connectivity index (χ0n) is 47.5. The van der Waals surface area contributed by atoms with E-state index in [0.717, 1.165) is 0 Å². The van der Waals surface area contributed by atoms with Crippen molar-refractivity contribution < 1.29 is 0 Å². The zero-order chi connectivity index (χ0) is 55.5. The van der Waals surface area contributed by atoms with Gasteiger partial charge in [0.2, 0.25) is 0 Å². The Bertz CT molecular complexity index is 3030. The molecule has 0 bridgehead atoms. The molecule has 0 atom stereocenters. The third-order valence-corrected chi connectivity index (χ3v) is 123. The number of hydrogen-bond donors (Lipinski definition) is 0. The molecule has 0 N–H and O–H groups in total. The second-order valence-corrected chi connectivity index (χ2v) is 91.6. The zero-order valence-corrected chi connectivity index (χ0v) is 60.9. The third-order valence-electron chi connectivity index (χ3n) is 12.8. The molecule has 1 fully saturated rings. The molecule has 400 valence electrons. The molecule has 8 aromatic rings. The summed E-state index contributed by atoms with van der Waals surface area (Å²) in [4.78, 5) is 0. The molecule has 1 aliphatic rings. The molecule has 78 heavy (non-hydrogen) atoms. The van der Waals surface area contributed by atoms with E-state index in [0.29, 0.717) is 0 Å². The van der Waals surface area contributed by atoms with Crippen molar-refractivity contribution in [2.75, 3.05) is 0 Å². The Labute approximate surface area is 485 Å². The summed E-state index contributed by atoms with van der Waals surface area (Å²) in [6.07, 6.45) is 0. The van der Waals surface area contributed by atoms with Crippen LogP contribution >= 0.6 is 45.0 Å². The second kappa shape index (κ2) is 24.5. The molecular formula is C62H76Ge2N4P4S2Si4. The van der Waals surface area contributed by atoms with Crippen LogP contribution in [0.2, 0.25) is 78.6 Å². The number of hydrogen-bond acceptors (Lipinski definition) is 6. The number of benzene rings is 8. The molecule has 0 aliphatic carbocycles. The summed E-state index contributed by atoms with van der Waals surface area (Å²) in [6.45, 7) is 29.8. The van der Waals surface area contributed by atoms with Crippen LogP contribution in [0.1, 0.15) is 0 Å². The fraction of sp³-hybridized carbons (Fsp3) is 0.194. The van der Waals surface area contributed by atoms with Crippen molar-refractivity contribution in [3.8, 4) is 0 Å². The summed E-state index contributed by atoms with van der Waals surface area (Å²) in [5, 5.41) is 10.9. The van der Waals surface area contributed by atoms with Crippen molar-refractivity contribution >= 4 is 151 Å². The van der Waals surface area contributed by atoms with E-state index in [1.807, 2.05) is 0 Å². The van der Waals surface area contributed by atoms with Crippen LogP contribution in [0.25, 0.3) is 0 Å². The van der Waals surface area contributed by atoms with Gasteiger partial charge in [0.05, 0.1) is 0 Å². The first kappa shape index (κ1) is 59.7. The summed E-state index contributed by atoms with van der Waals surface area (Å²) in [5.41, 5.74) is 0. The monoisotopic (exact) mass is 1320 g/mol. The topological polar surface area (TPSA) is 49.4 Å². The van der Waals surface area contributed by atoms with E-state index < -0.39 is 84.4 Å². The minimum atomic E-state index is -2.81. The van der Waals surface area contributed by atoms with Gasteiger partial charge in [0.25, 0.3) is 0 Å². The van der Waals surface area contributed by atoms with E-state index >= 15 is 0 Å². The summed E-state index contributed by atoms with van der Waals surface area (Å²) in [7, 11) is -15.3. The third kappa shape index (κ3) is 12.7. The molecule has 1 aliphatic heterocycles. The van der Waals surface area contributed by atoms with Gasteiger partial charge in [-0.15, -0.1) is 0 Å². The van der Waals surface area contributed by atoms with Gasteiger partial charge < -0.3 is 0 Å². The Kier molecular flexibility index (Phi) is 18.7. The SMILES string of the molecule is C[Si](C)(C)N=P([C](=[Ge]1[S][Ge](=[C](P(=N[Si](C)(C)C)(c2ccccc2)c2ccccc2)P(=N[Si](C)(C)C)(c2ccccc2)c2ccccc2)[S]1)P(=N[Si](C)(C)C)(c1ccccc1)c1ccccc1)(c1ccccc1)c1ccccc1. The van der Waals surface area contributed by atoms with Gasteiger partial charge in [0, 0.05) is 0 Å². The van der Waals surface area contributed by atoms with Gasteiger partial charge in [0.15, 0.2) is 0 Å². The molecule has 0 radical (unpaired) electrons. The predicted octanol–water partition coefficient (Wildman–Crippen LogP) is 16.5. The van der Waals surface area contributed by atoms with E-state index in [2.05, 4.69) is 338 Å². The van der Waals surface area contributed by atoms with Crippen molar-refractivity contribution in [2.24, 2.45) is 17.6 Å². The molecule has 9 rings (SSSR count). The van der Waals surface area contributed by atoms with Crippen LogP contribution in [0.5, 0.6) is 0 Å². The number of nitrogens with zero attached hydrogens (tertiary/aromatic N) is 4. The quantitative estimate of drug-likeness (QED) is 0.0715. The van der Waals surface area contributed by atoms with Crippen molar-refractivity contribution in [3.63, 3.8) is 0 Å². The fourth-order valence-corrected chi connectivity index (χ4v) is 159. The summed E-state index contributed by atoms with van der Waals surface area (Å²) in [6, 6.07) is 93.5. The molecule has 16 heteroatoms. The molecule has 0 aromatic heterocycles. The van der Waals surface area contributed by atoms with Gasteiger partial charge in [-0.25, -0.2) is 0 Å². The van der Waals surface area contributed by atoms with Crippen LogP contribution < -0.4 is 42.4 Å². The summed E-state index contributed by atoms with van der Waals surface area (Å²) in [5.74, 6) is 0. The van der Waals surface area contributed by atoms with Crippen LogP contribution in [-0.4, -0.2) is 63.9 Å². The standard InChI is InChI=1S/C62H76Ge2N4P4S2Si4/c1-75(2,3)65-69(53-37-21-13-22-38-53,54-39-23-14-24-40-54)61(70(66-76(4,5)6,55-41-25-15-26-42-55)56-43-27-16-28-44-56)63-73-64(74-63)62(71(67-77(7,8)9,57-45-29-17-30-46-57)58-47-31-18-32-48-58)72(68-78(10,11)12,59-49-33-19-34-50-59)60-51-35-20-36-52-60/h13-52H,1-12H3. The Hall–Kier alpha value is -2.93. The van der Waals surface area contributed by atoms with Crippen LogP contribution in [0.4, 0.5) is 0 Å². The second-order valence-electron chi connectivity index (χ2n) is 23.7. The first-order valence-corrected chi connectivity index (χ1v) is 61.7. The average molecular weight is 1320 g/mol. The first-order valence-electron chi connectivity index (χ1n) is 27.0. The predicted molar refractivity (Wildman–Crippen MR) is 376 cm³/mol. The first-order chi connectivity index (χ1) is 37.1. The van der Waals surface area contributed by atoms with E-state index in [9.17, 15) is 0 Å².